The van der Waals surface area contributed by atoms with E-state index in [4.69, 9.17) is 4.74 Å². The quantitative estimate of drug-likeness (QED) is 0.699. The Morgan fingerprint density at radius 3 is 2.74 bits per heavy atom. The summed E-state index contributed by atoms with van der Waals surface area (Å²) in [7, 11) is 1.58. The Balaban J connectivity index is 1.67. The van der Waals surface area contributed by atoms with Crippen molar-refractivity contribution in [1.82, 2.24) is 10.3 Å². The van der Waals surface area contributed by atoms with Gasteiger partial charge in [0.2, 0.25) is 0 Å². The van der Waals surface area contributed by atoms with E-state index in [1.807, 2.05) is 60.4 Å². The minimum atomic E-state index is -0.651. The summed E-state index contributed by atoms with van der Waals surface area (Å²) in [4.78, 5) is 30.5. The topological polar surface area (TPSA) is 74.4 Å². The lowest BCUT2D eigenvalue weighted by Crippen LogP contribution is -2.49. The third-order valence-corrected chi connectivity index (χ3v) is 4.91. The fourth-order valence-electron chi connectivity index (χ4n) is 3.64. The van der Waals surface area contributed by atoms with Crippen LogP contribution in [0.4, 0.5) is 5.69 Å². The van der Waals surface area contributed by atoms with Gasteiger partial charge in [-0.25, -0.2) is 0 Å². The number of fused-ring (bicyclic) bond motifs is 2. The second-order valence-corrected chi connectivity index (χ2v) is 6.66. The first-order chi connectivity index (χ1) is 13.1. The highest BCUT2D eigenvalue weighted by Gasteiger charge is 2.31. The van der Waals surface area contributed by atoms with Crippen LogP contribution in [0.2, 0.25) is 0 Å². The first-order valence-electron chi connectivity index (χ1n) is 8.91. The van der Waals surface area contributed by atoms with Crippen LogP contribution in [0, 0.1) is 6.92 Å². The number of nitrogens with one attached hydrogen (secondary N) is 2. The second-order valence-electron chi connectivity index (χ2n) is 6.66. The number of H-pyrrole nitrogens is 1. The van der Waals surface area contributed by atoms with Gasteiger partial charge in [0.25, 0.3) is 5.91 Å². The molecule has 2 N–H and O–H groups in total. The van der Waals surface area contributed by atoms with Gasteiger partial charge < -0.3 is 19.9 Å². The highest BCUT2D eigenvalue weighted by atomic mass is 16.5. The van der Waals surface area contributed by atoms with Crippen molar-refractivity contribution in [3.05, 3.63) is 59.8 Å². The van der Waals surface area contributed by atoms with Gasteiger partial charge >= 0.3 is 0 Å². The maximum Gasteiger partial charge on any atom is 0.262 e. The van der Waals surface area contributed by atoms with E-state index in [0.29, 0.717) is 17.9 Å². The summed E-state index contributed by atoms with van der Waals surface area (Å²) in [5, 5.41) is 3.54. The molecule has 3 aromatic rings. The number of hydrogen-bond donors (Lipinski definition) is 2. The largest absolute Gasteiger partial charge is 0.477 e. The number of carbonyl (C=O) groups is 2. The molecule has 6 heteroatoms. The Labute approximate surface area is 157 Å². The summed E-state index contributed by atoms with van der Waals surface area (Å²) < 4.78 is 5.81. The van der Waals surface area contributed by atoms with Gasteiger partial charge in [-0.05, 0) is 25.1 Å². The van der Waals surface area contributed by atoms with Crippen LogP contribution < -0.4 is 15.0 Å². The monoisotopic (exact) mass is 363 g/mol. The minimum absolute atomic E-state index is 0.0114. The van der Waals surface area contributed by atoms with Gasteiger partial charge in [0.05, 0.1) is 18.8 Å². The number of ketones is 1. The average Bonchev–Trinajstić information content (AvgIpc) is 3.03. The normalized spacial score (nSPS) is 15.9. The zero-order valence-corrected chi connectivity index (χ0v) is 15.3. The fourth-order valence-corrected chi connectivity index (χ4v) is 3.64. The Morgan fingerprint density at radius 1 is 1.19 bits per heavy atom. The molecule has 0 spiro atoms. The third-order valence-electron chi connectivity index (χ3n) is 4.91. The lowest BCUT2D eigenvalue weighted by Gasteiger charge is -2.35. The number of aromatic nitrogens is 1. The minimum Gasteiger partial charge on any atom is -0.477 e. The number of benzene rings is 2. The number of likely N-dealkylation sites (N-methyl/N-ethyl adjacent to an activating group) is 1. The molecule has 0 radical (unpaired) electrons. The van der Waals surface area contributed by atoms with Crippen LogP contribution in [-0.2, 0) is 4.79 Å². The van der Waals surface area contributed by atoms with Crippen molar-refractivity contribution in [2.24, 2.45) is 0 Å². The molecule has 1 aliphatic rings. The van der Waals surface area contributed by atoms with Crippen molar-refractivity contribution in [2.75, 3.05) is 25.0 Å². The van der Waals surface area contributed by atoms with Gasteiger partial charge in [0, 0.05) is 29.2 Å². The molecule has 0 fully saturated rings. The number of Topliss-reactive ketones (excluding diaryl/α,β-unsaturated/α-hetero) is 1. The lowest BCUT2D eigenvalue weighted by atomic mass is 10.1. The zero-order chi connectivity index (χ0) is 19.0. The smallest absolute Gasteiger partial charge is 0.262 e. The van der Waals surface area contributed by atoms with Crippen LogP contribution in [0.25, 0.3) is 10.9 Å². The Kier molecular flexibility index (Phi) is 4.32. The van der Waals surface area contributed by atoms with Gasteiger partial charge in [-0.2, -0.15) is 0 Å². The number of anilines is 1. The number of amides is 1. The predicted molar refractivity (Wildman–Crippen MR) is 105 cm³/mol. The van der Waals surface area contributed by atoms with Crippen LogP contribution in [0.15, 0.2) is 48.5 Å². The molecule has 2 aromatic carbocycles. The van der Waals surface area contributed by atoms with Crippen molar-refractivity contribution in [1.29, 1.82) is 0 Å². The third kappa shape index (κ3) is 3.03. The van der Waals surface area contributed by atoms with Crippen molar-refractivity contribution in [2.45, 2.75) is 13.0 Å². The van der Waals surface area contributed by atoms with Gasteiger partial charge in [0.15, 0.2) is 11.9 Å². The Morgan fingerprint density at radius 2 is 1.93 bits per heavy atom. The van der Waals surface area contributed by atoms with E-state index < -0.39 is 6.10 Å². The van der Waals surface area contributed by atoms with E-state index in [9.17, 15) is 9.59 Å². The maximum absolute atomic E-state index is 13.2. The van der Waals surface area contributed by atoms with E-state index in [0.717, 1.165) is 22.3 Å². The van der Waals surface area contributed by atoms with Crippen LogP contribution >= 0.6 is 0 Å². The lowest BCUT2D eigenvalue weighted by molar-refractivity contribution is -0.127. The number of para-hydroxylation sites is 3. The summed E-state index contributed by atoms with van der Waals surface area (Å²) in [6.45, 7) is 2.41. The SMILES string of the molecule is CNC(=O)C1CN(CC(=O)c2c(C)[nH]c3ccccc23)c2ccccc2O1. The van der Waals surface area contributed by atoms with Gasteiger partial charge in [0.1, 0.15) is 5.75 Å². The summed E-state index contributed by atoms with van der Waals surface area (Å²) in [5.41, 5.74) is 3.32. The number of carbonyl (C=O) groups excluding carboxylic acids is 2. The van der Waals surface area contributed by atoms with E-state index in [1.165, 1.54) is 0 Å². The number of hydrogen-bond acceptors (Lipinski definition) is 4. The highest BCUT2D eigenvalue weighted by molar-refractivity contribution is 6.11. The zero-order valence-electron chi connectivity index (χ0n) is 15.3. The fraction of sp³-hybridized carbons (Fsp3) is 0.238. The molecule has 0 aliphatic carbocycles. The summed E-state index contributed by atoms with van der Waals surface area (Å²) >= 11 is 0. The average molecular weight is 363 g/mol. The van der Waals surface area contributed by atoms with Crippen molar-refractivity contribution in [3.8, 4) is 5.75 Å². The first kappa shape index (κ1) is 17.1. The van der Waals surface area contributed by atoms with Crippen LogP contribution in [0.1, 0.15) is 16.1 Å². The summed E-state index contributed by atoms with van der Waals surface area (Å²) in [5.74, 6) is 0.420. The molecule has 1 aromatic heterocycles. The molecular formula is C21H21N3O3. The molecule has 138 valence electrons. The van der Waals surface area contributed by atoms with E-state index in [2.05, 4.69) is 10.3 Å². The molecule has 27 heavy (non-hydrogen) atoms. The molecular weight excluding hydrogens is 342 g/mol. The van der Waals surface area contributed by atoms with Gasteiger partial charge in [-0.1, -0.05) is 30.3 Å². The molecule has 0 bridgehead atoms. The number of nitrogens with zero attached hydrogens (tertiary/aromatic N) is 1. The second kappa shape index (κ2) is 6.79. The van der Waals surface area contributed by atoms with Gasteiger partial charge in [-0.15, -0.1) is 0 Å². The number of aromatic amines is 1. The van der Waals surface area contributed by atoms with Crippen LogP contribution in [-0.4, -0.2) is 42.9 Å². The molecule has 1 unspecified atom stereocenters. The van der Waals surface area contributed by atoms with E-state index in [-0.39, 0.29) is 18.2 Å². The first-order valence-corrected chi connectivity index (χ1v) is 8.91. The highest BCUT2D eigenvalue weighted by Crippen LogP contribution is 2.33. The molecule has 1 amide bonds. The molecule has 1 atom stereocenters. The molecule has 4 rings (SSSR count). The Bertz CT molecular complexity index is 1020. The molecule has 2 heterocycles. The molecule has 6 nitrogen and oxygen atoms in total. The van der Waals surface area contributed by atoms with Crippen molar-refractivity contribution >= 4 is 28.3 Å². The Hall–Kier alpha value is -3.28. The van der Waals surface area contributed by atoms with Crippen LogP contribution in [0.5, 0.6) is 5.75 Å². The molecule has 1 aliphatic heterocycles. The van der Waals surface area contributed by atoms with Crippen molar-refractivity contribution < 1.29 is 14.3 Å². The standard InChI is InChI=1S/C21H21N3O3/c1-13-20(14-7-3-4-8-15(14)23-13)17(25)11-24-12-19(21(26)22-2)27-18-10-6-5-9-16(18)24/h3-10,19,23H,11-12H2,1-2H3,(H,22,26). The van der Waals surface area contributed by atoms with Crippen molar-refractivity contribution in [3.63, 3.8) is 0 Å². The van der Waals surface area contributed by atoms with Crippen LogP contribution in [0.3, 0.4) is 0 Å². The maximum atomic E-state index is 13.2. The predicted octanol–water partition coefficient (Wildman–Crippen LogP) is 2.67. The number of rotatable bonds is 4. The molecule has 0 saturated carbocycles. The summed E-state index contributed by atoms with van der Waals surface area (Å²) in [6.07, 6.45) is -0.651. The molecule has 0 saturated heterocycles. The number of aryl methyl sites for hydroxylation is 1. The van der Waals surface area contributed by atoms with Gasteiger partial charge in [-0.3, -0.25) is 9.59 Å². The number of ether oxygens (including phenoxy) is 1. The van der Waals surface area contributed by atoms with E-state index in [1.54, 1.807) is 7.05 Å². The van der Waals surface area contributed by atoms with E-state index >= 15 is 0 Å². The summed E-state index contributed by atoms with van der Waals surface area (Å²) in [6, 6.07) is 15.3.